The maximum absolute atomic E-state index is 5.77. The van der Waals surface area contributed by atoms with E-state index in [0.717, 1.165) is 25.5 Å². The van der Waals surface area contributed by atoms with Crippen molar-refractivity contribution in [3.8, 4) is 0 Å². The van der Waals surface area contributed by atoms with Gasteiger partial charge in [0.25, 0.3) is 0 Å². The van der Waals surface area contributed by atoms with Crippen molar-refractivity contribution >= 4 is 5.96 Å². The minimum atomic E-state index is 0.624. The molecular weight excluding hydrogens is 310 g/mol. The number of ether oxygens (including phenoxy) is 1. The van der Waals surface area contributed by atoms with E-state index in [1.54, 1.807) is 0 Å². The fourth-order valence-electron chi connectivity index (χ4n) is 2.36. The fraction of sp³-hybridized carbons (Fsp3) is 0.381. The van der Waals surface area contributed by atoms with Crippen molar-refractivity contribution in [3.05, 3.63) is 71.3 Å². The molecule has 0 bridgehead atoms. The van der Waals surface area contributed by atoms with Crippen LogP contribution in [0.4, 0.5) is 0 Å². The minimum Gasteiger partial charge on any atom is -0.372 e. The molecule has 25 heavy (non-hydrogen) atoms. The number of guanidine groups is 1. The molecule has 0 saturated carbocycles. The minimum absolute atomic E-state index is 0.624. The second-order valence-corrected chi connectivity index (χ2v) is 5.92. The number of rotatable bonds is 9. The highest BCUT2D eigenvalue weighted by atomic mass is 16.5. The molecule has 0 atom stereocenters. The first-order chi connectivity index (χ1) is 12.3. The Labute approximate surface area is 151 Å². The maximum Gasteiger partial charge on any atom is 0.191 e. The smallest absolute Gasteiger partial charge is 0.191 e. The monoisotopic (exact) mass is 339 g/mol. The van der Waals surface area contributed by atoms with Crippen molar-refractivity contribution in [2.24, 2.45) is 4.99 Å². The Balaban J connectivity index is 1.80. The van der Waals surface area contributed by atoms with Crippen molar-refractivity contribution in [2.75, 3.05) is 13.1 Å². The first-order valence-corrected chi connectivity index (χ1v) is 9.03. The summed E-state index contributed by atoms with van der Waals surface area (Å²) in [6, 6.07) is 18.7. The molecule has 2 aromatic rings. The molecule has 0 amide bonds. The normalized spacial score (nSPS) is 11.4. The molecule has 0 aromatic heterocycles. The van der Waals surface area contributed by atoms with Gasteiger partial charge in [-0.1, -0.05) is 61.5 Å². The standard InChI is InChI=1S/C21H29N3O/c1-3-14-23-21(22-4-2)24-15-18-10-12-20(13-11-18)17-25-16-19-8-6-5-7-9-19/h5-13H,3-4,14-17H2,1-2H3,(H2,22,23,24). The molecule has 2 N–H and O–H groups in total. The van der Waals surface area contributed by atoms with Crippen LogP contribution in [0.1, 0.15) is 37.0 Å². The van der Waals surface area contributed by atoms with Gasteiger partial charge >= 0.3 is 0 Å². The van der Waals surface area contributed by atoms with Crippen molar-refractivity contribution in [1.82, 2.24) is 10.6 Å². The Hall–Kier alpha value is -2.33. The lowest BCUT2D eigenvalue weighted by molar-refractivity contribution is 0.107. The molecule has 2 aromatic carbocycles. The Morgan fingerprint density at radius 2 is 1.48 bits per heavy atom. The molecule has 0 fully saturated rings. The highest BCUT2D eigenvalue weighted by Gasteiger charge is 1.98. The van der Waals surface area contributed by atoms with Crippen LogP contribution in [0.25, 0.3) is 0 Å². The van der Waals surface area contributed by atoms with E-state index in [0.29, 0.717) is 19.8 Å². The SMILES string of the molecule is CCCNC(=NCc1ccc(COCc2ccccc2)cc1)NCC. The summed E-state index contributed by atoms with van der Waals surface area (Å²) in [6.45, 7) is 7.96. The molecule has 0 spiro atoms. The van der Waals surface area contributed by atoms with Crippen LogP contribution in [0, 0.1) is 0 Å². The van der Waals surface area contributed by atoms with Gasteiger partial charge in [-0.15, -0.1) is 0 Å². The van der Waals surface area contributed by atoms with E-state index in [2.05, 4.69) is 65.9 Å². The molecule has 4 heteroatoms. The Bertz CT molecular complexity index is 623. The maximum atomic E-state index is 5.77. The predicted molar refractivity (Wildman–Crippen MR) is 104 cm³/mol. The molecule has 134 valence electrons. The molecule has 0 heterocycles. The van der Waals surface area contributed by atoms with Gasteiger partial charge in [-0.25, -0.2) is 4.99 Å². The summed E-state index contributed by atoms with van der Waals surface area (Å²) in [6.07, 6.45) is 1.09. The quantitative estimate of drug-likeness (QED) is 0.538. The van der Waals surface area contributed by atoms with E-state index < -0.39 is 0 Å². The lowest BCUT2D eigenvalue weighted by Gasteiger charge is -2.10. The second kappa shape index (κ2) is 11.3. The van der Waals surface area contributed by atoms with Crippen LogP contribution in [0.15, 0.2) is 59.6 Å². The average Bonchev–Trinajstić information content (AvgIpc) is 2.66. The summed E-state index contributed by atoms with van der Waals surface area (Å²) < 4.78 is 5.77. The largest absolute Gasteiger partial charge is 0.372 e. The molecule has 0 aliphatic rings. The van der Waals surface area contributed by atoms with Crippen LogP contribution in [0.5, 0.6) is 0 Å². The van der Waals surface area contributed by atoms with Gasteiger partial charge in [0.15, 0.2) is 5.96 Å². The van der Waals surface area contributed by atoms with Crippen LogP contribution in [0.3, 0.4) is 0 Å². The molecule has 0 aliphatic carbocycles. The third-order valence-electron chi connectivity index (χ3n) is 3.71. The van der Waals surface area contributed by atoms with Gasteiger partial charge in [0.1, 0.15) is 0 Å². The summed E-state index contributed by atoms with van der Waals surface area (Å²) in [5.41, 5.74) is 3.57. The molecule has 0 saturated heterocycles. The summed E-state index contributed by atoms with van der Waals surface area (Å²) in [5.74, 6) is 0.875. The van der Waals surface area contributed by atoms with Crippen molar-refractivity contribution in [2.45, 2.75) is 40.0 Å². The molecule has 4 nitrogen and oxygen atoms in total. The van der Waals surface area contributed by atoms with Crippen molar-refractivity contribution in [3.63, 3.8) is 0 Å². The van der Waals surface area contributed by atoms with Crippen LogP contribution >= 0.6 is 0 Å². The fourth-order valence-corrected chi connectivity index (χ4v) is 2.36. The zero-order valence-corrected chi connectivity index (χ0v) is 15.3. The summed E-state index contributed by atoms with van der Waals surface area (Å²) >= 11 is 0. The average molecular weight is 339 g/mol. The lowest BCUT2D eigenvalue weighted by Crippen LogP contribution is -2.37. The van der Waals surface area contributed by atoms with E-state index in [4.69, 9.17) is 4.74 Å². The first kappa shape index (κ1) is 19.0. The van der Waals surface area contributed by atoms with Gasteiger partial charge in [-0.3, -0.25) is 0 Å². The number of hydrogen-bond donors (Lipinski definition) is 2. The topological polar surface area (TPSA) is 45.7 Å². The lowest BCUT2D eigenvalue weighted by atomic mass is 10.1. The first-order valence-electron chi connectivity index (χ1n) is 9.03. The highest BCUT2D eigenvalue weighted by Crippen LogP contribution is 2.09. The molecule has 0 aliphatic heterocycles. The summed E-state index contributed by atoms with van der Waals surface area (Å²) in [5, 5.41) is 6.58. The zero-order valence-electron chi connectivity index (χ0n) is 15.3. The molecular formula is C21H29N3O. The number of benzene rings is 2. The number of hydrogen-bond acceptors (Lipinski definition) is 2. The van der Waals surface area contributed by atoms with Gasteiger partial charge in [-0.05, 0) is 30.0 Å². The molecule has 0 radical (unpaired) electrons. The van der Waals surface area contributed by atoms with Gasteiger partial charge in [-0.2, -0.15) is 0 Å². The predicted octanol–water partition coefficient (Wildman–Crippen LogP) is 3.87. The zero-order chi connectivity index (χ0) is 17.7. The Morgan fingerprint density at radius 3 is 2.12 bits per heavy atom. The summed E-state index contributed by atoms with van der Waals surface area (Å²) in [4.78, 5) is 4.62. The van der Waals surface area contributed by atoms with Crippen LogP contribution in [-0.4, -0.2) is 19.0 Å². The van der Waals surface area contributed by atoms with Crippen LogP contribution in [-0.2, 0) is 24.5 Å². The van der Waals surface area contributed by atoms with E-state index in [9.17, 15) is 0 Å². The summed E-state index contributed by atoms with van der Waals surface area (Å²) in [7, 11) is 0. The highest BCUT2D eigenvalue weighted by molar-refractivity contribution is 5.79. The number of aliphatic imine (C=N–C) groups is 1. The Kier molecular flexibility index (Phi) is 8.56. The molecule has 0 unspecified atom stereocenters. The number of nitrogens with zero attached hydrogens (tertiary/aromatic N) is 1. The Morgan fingerprint density at radius 1 is 0.840 bits per heavy atom. The molecule has 2 rings (SSSR count). The van der Waals surface area contributed by atoms with Crippen LogP contribution < -0.4 is 10.6 Å². The van der Waals surface area contributed by atoms with Crippen molar-refractivity contribution in [1.29, 1.82) is 0 Å². The number of nitrogens with one attached hydrogen (secondary N) is 2. The third kappa shape index (κ3) is 7.40. The van der Waals surface area contributed by atoms with E-state index in [1.165, 1.54) is 16.7 Å². The van der Waals surface area contributed by atoms with E-state index in [-0.39, 0.29) is 0 Å². The van der Waals surface area contributed by atoms with Crippen LogP contribution in [0.2, 0.25) is 0 Å². The van der Waals surface area contributed by atoms with E-state index in [1.807, 2.05) is 18.2 Å². The van der Waals surface area contributed by atoms with Gasteiger partial charge in [0, 0.05) is 13.1 Å². The van der Waals surface area contributed by atoms with Gasteiger partial charge in [0.05, 0.1) is 19.8 Å². The van der Waals surface area contributed by atoms with Gasteiger partial charge in [0.2, 0.25) is 0 Å². The van der Waals surface area contributed by atoms with Crippen molar-refractivity contribution < 1.29 is 4.74 Å². The van der Waals surface area contributed by atoms with E-state index >= 15 is 0 Å². The third-order valence-corrected chi connectivity index (χ3v) is 3.71. The second-order valence-electron chi connectivity index (χ2n) is 5.92. The van der Waals surface area contributed by atoms with Gasteiger partial charge < -0.3 is 15.4 Å².